The molecule has 2 rings (SSSR count). The highest BCUT2D eigenvalue weighted by atomic mass is 79.9. The maximum atomic E-state index is 11.7. The zero-order chi connectivity index (χ0) is 12.6. The molecule has 1 saturated heterocycles. The van der Waals surface area contributed by atoms with Crippen LogP contribution in [0.3, 0.4) is 0 Å². The van der Waals surface area contributed by atoms with Gasteiger partial charge in [0.1, 0.15) is 4.34 Å². The second kappa shape index (κ2) is 5.08. The molecule has 0 spiro atoms. The summed E-state index contributed by atoms with van der Waals surface area (Å²) in [5, 5.41) is 2.38. The van der Waals surface area contributed by atoms with Crippen molar-refractivity contribution in [1.82, 2.24) is 5.32 Å². The number of carbonyl (C=O) groups is 2. The van der Waals surface area contributed by atoms with Gasteiger partial charge in [0, 0.05) is 27.6 Å². The van der Waals surface area contributed by atoms with E-state index in [-0.39, 0.29) is 23.7 Å². The fraction of sp³-hybridized carbons (Fsp3) is 0.455. The van der Waals surface area contributed by atoms with E-state index >= 15 is 0 Å². The van der Waals surface area contributed by atoms with Gasteiger partial charge in [-0.2, -0.15) is 0 Å². The molecule has 2 unspecified atom stereocenters. The summed E-state index contributed by atoms with van der Waals surface area (Å²) in [6.45, 7) is 1.96. The van der Waals surface area contributed by atoms with Crippen LogP contribution >= 0.6 is 38.9 Å². The van der Waals surface area contributed by atoms with Crippen molar-refractivity contribution in [2.24, 2.45) is 5.92 Å². The molecule has 0 bridgehead atoms. The van der Waals surface area contributed by atoms with Gasteiger partial charge in [-0.1, -0.05) is 18.5 Å². The Balaban J connectivity index is 2.33. The Morgan fingerprint density at radius 1 is 1.59 bits per heavy atom. The molecule has 6 heteroatoms. The van der Waals surface area contributed by atoms with Crippen LogP contribution in [0.15, 0.2) is 10.5 Å². The lowest BCUT2D eigenvalue weighted by molar-refractivity contribution is -0.137. The molecule has 2 atom stereocenters. The van der Waals surface area contributed by atoms with Gasteiger partial charge in [-0.15, -0.1) is 11.3 Å². The van der Waals surface area contributed by atoms with Gasteiger partial charge in [0.05, 0.1) is 0 Å². The molecular weight excluding hydrogens is 326 g/mol. The third-order valence-electron chi connectivity index (χ3n) is 2.96. The zero-order valence-electron chi connectivity index (χ0n) is 9.13. The fourth-order valence-electron chi connectivity index (χ4n) is 2.12. The third kappa shape index (κ3) is 2.56. The van der Waals surface area contributed by atoms with Crippen LogP contribution in [0.5, 0.6) is 0 Å². The molecule has 3 nitrogen and oxygen atoms in total. The average molecular weight is 337 g/mol. The number of hydrogen-bond acceptors (Lipinski definition) is 3. The van der Waals surface area contributed by atoms with E-state index in [1.165, 1.54) is 11.3 Å². The predicted molar refractivity (Wildman–Crippen MR) is 71.3 cm³/mol. The Labute approximate surface area is 117 Å². The molecule has 0 aromatic carbocycles. The molecule has 1 aliphatic heterocycles. The van der Waals surface area contributed by atoms with E-state index in [4.69, 9.17) is 11.6 Å². The minimum absolute atomic E-state index is 0.0463. The van der Waals surface area contributed by atoms with Crippen LogP contribution in [0, 0.1) is 5.92 Å². The Kier molecular flexibility index (Phi) is 3.90. The molecule has 0 saturated carbocycles. The van der Waals surface area contributed by atoms with Gasteiger partial charge in [0.15, 0.2) is 0 Å². The average Bonchev–Trinajstić information content (AvgIpc) is 2.58. The Bertz CT molecular complexity index is 455. The fourth-order valence-corrected chi connectivity index (χ4v) is 4.02. The van der Waals surface area contributed by atoms with E-state index in [1.807, 2.05) is 13.0 Å². The zero-order valence-corrected chi connectivity index (χ0v) is 12.3. The summed E-state index contributed by atoms with van der Waals surface area (Å²) in [6, 6.07) is 1.91. The summed E-state index contributed by atoms with van der Waals surface area (Å²) in [7, 11) is 0. The molecule has 0 radical (unpaired) electrons. The lowest BCUT2D eigenvalue weighted by Crippen LogP contribution is -2.44. The summed E-state index contributed by atoms with van der Waals surface area (Å²) < 4.78 is 1.49. The van der Waals surface area contributed by atoms with Crippen LogP contribution in [0.2, 0.25) is 4.34 Å². The van der Waals surface area contributed by atoms with Crippen molar-refractivity contribution in [2.45, 2.75) is 25.7 Å². The van der Waals surface area contributed by atoms with Crippen molar-refractivity contribution < 1.29 is 9.59 Å². The van der Waals surface area contributed by atoms with E-state index < -0.39 is 0 Å². The van der Waals surface area contributed by atoms with E-state index in [9.17, 15) is 9.59 Å². The van der Waals surface area contributed by atoms with Gasteiger partial charge in [-0.25, -0.2) is 0 Å². The van der Waals surface area contributed by atoms with E-state index in [0.29, 0.717) is 10.8 Å². The molecule has 2 amide bonds. The van der Waals surface area contributed by atoms with Crippen molar-refractivity contribution in [3.8, 4) is 0 Å². The molecule has 1 fully saturated rings. The number of thiophene rings is 1. The summed E-state index contributed by atoms with van der Waals surface area (Å²) in [5.74, 6) is -0.566. The number of amides is 2. The maximum absolute atomic E-state index is 11.7. The van der Waals surface area contributed by atoms with Gasteiger partial charge >= 0.3 is 0 Å². The quantitative estimate of drug-likeness (QED) is 0.842. The minimum Gasteiger partial charge on any atom is -0.296 e. The summed E-state index contributed by atoms with van der Waals surface area (Å²) in [6.07, 6.45) is 1.07. The summed E-state index contributed by atoms with van der Waals surface area (Å²) in [5.41, 5.74) is 0. The standard InChI is InChI=1S/C11H11BrClNO2S/c1-2-5-6(3-9(15)14-11(5)16)8-4-7(12)10(13)17-8/h4-6H,2-3H2,1H3,(H,14,15,16). The molecule has 17 heavy (non-hydrogen) atoms. The molecule has 0 aliphatic carbocycles. The van der Waals surface area contributed by atoms with E-state index in [1.54, 1.807) is 0 Å². The van der Waals surface area contributed by atoms with Crippen LogP contribution in [0.25, 0.3) is 0 Å². The van der Waals surface area contributed by atoms with Gasteiger partial charge in [0.2, 0.25) is 11.8 Å². The van der Waals surface area contributed by atoms with Crippen LogP contribution in [0.1, 0.15) is 30.6 Å². The number of imide groups is 1. The number of carbonyl (C=O) groups excluding carboxylic acids is 2. The number of halogens is 2. The van der Waals surface area contributed by atoms with Crippen LogP contribution < -0.4 is 5.32 Å². The normalized spacial score (nSPS) is 24.9. The van der Waals surface area contributed by atoms with Gasteiger partial charge < -0.3 is 0 Å². The Morgan fingerprint density at radius 3 is 2.82 bits per heavy atom. The van der Waals surface area contributed by atoms with Gasteiger partial charge in [0.25, 0.3) is 0 Å². The molecular formula is C11H11BrClNO2S. The van der Waals surface area contributed by atoms with Crippen LogP contribution in [0.4, 0.5) is 0 Å². The molecule has 1 aromatic heterocycles. The minimum atomic E-state index is -0.203. The predicted octanol–water partition coefficient (Wildman–Crippen LogP) is 3.32. The van der Waals surface area contributed by atoms with E-state index in [0.717, 1.165) is 15.8 Å². The van der Waals surface area contributed by atoms with Crippen molar-refractivity contribution in [3.05, 3.63) is 19.8 Å². The third-order valence-corrected chi connectivity index (χ3v) is 5.57. The highest BCUT2D eigenvalue weighted by molar-refractivity contribution is 9.10. The Morgan fingerprint density at radius 2 is 2.29 bits per heavy atom. The summed E-state index contributed by atoms with van der Waals surface area (Å²) in [4.78, 5) is 24.2. The molecule has 1 aromatic rings. The first-order chi connectivity index (χ1) is 8.02. The first-order valence-electron chi connectivity index (χ1n) is 5.31. The Hall–Kier alpha value is -0.390. The second-order valence-corrected chi connectivity index (χ2v) is 6.55. The topological polar surface area (TPSA) is 46.2 Å². The molecule has 1 N–H and O–H groups in total. The molecule has 2 heterocycles. The van der Waals surface area contributed by atoms with Crippen molar-refractivity contribution in [3.63, 3.8) is 0 Å². The SMILES string of the molecule is CCC1C(=O)NC(=O)CC1c1cc(Br)c(Cl)s1. The lowest BCUT2D eigenvalue weighted by Gasteiger charge is -2.28. The molecule has 1 aliphatic rings. The van der Waals surface area contributed by atoms with Crippen LogP contribution in [-0.4, -0.2) is 11.8 Å². The van der Waals surface area contributed by atoms with Crippen molar-refractivity contribution >= 4 is 50.7 Å². The van der Waals surface area contributed by atoms with E-state index in [2.05, 4.69) is 21.2 Å². The molecule has 92 valence electrons. The highest BCUT2D eigenvalue weighted by Crippen LogP contribution is 2.42. The van der Waals surface area contributed by atoms with Crippen molar-refractivity contribution in [1.29, 1.82) is 0 Å². The number of nitrogens with one attached hydrogen (secondary N) is 1. The largest absolute Gasteiger partial charge is 0.296 e. The second-order valence-electron chi connectivity index (χ2n) is 4.01. The highest BCUT2D eigenvalue weighted by Gasteiger charge is 2.36. The lowest BCUT2D eigenvalue weighted by atomic mass is 9.82. The van der Waals surface area contributed by atoms with Gasteiger partial charge in [-0.3, -0.25) is 14.9 Å². The number of hydrogen-bond donors (Lipinski definition) is 1. The van der Waals surface area contributed by atoms with Crippen LogP contribution in [-0.2, 0) is 9.59 Å². The van der Waals surface area contributed by atoms with Crippen molar-refractivity contribution in [2.75, 3.05) is 0 Å². The smallest absolute Gasteiger partial charge is 0.230 e. The summed E-state index contributed by atoms with van der Waals surface area (Å²) >= 11 is 10.8. The maximum Gasteiger partial charge on any atom is 0.230 e. The first kappa shape index (κ1) is 13.1. The first-order valence-corrected chi connectivity index (χ1v) is 7.30. The monoisotopic (exact) mass is 335 g/mol. The van der Waals surface area contributed by atoms with Gasteiger partial charge in [-0.05, 0) is 28.4 Å². The number of rotatable bonds is 2. The number of piperidine rings is 1.